The first-order chi connectivity index (χ1) is 9.78. The molecular weight excluding hydrogens is 274 g/mol. The fraction of sp³-hybridized carbons (Fsp3) is 0. The summed E-state index contributed by atoms with van der Waals surface area (Å²) in [6, 6.07) is 9.12. The third-order valence-electron chi connectivity index (χ3n) is 2.82. The lowest BCUT2D eigenvalue weighted by atomic mass is 10.3. The Morgan fingerprint density at radius 2 is 2.10 bits per heavy atom. The van der Waals surface area contributed by atoms with Gasteiger partial charge in [0, 0.05) is 24.0 Å². The first kappa shape index (κ1) is 11.3. The fourth-order valence-corrected chi connectivity index (χ4v) is 2.63. The molecule has 4 rings (SSSR count). The van der Waals surface area contributed by atoms with E-state index in [1.54, 1.807) is 22.8 Å². The molecule has 0 atom stereocenters. The van der Waals surface area contributed by atoms with Gasteiger partial charge in [-0.05, 0) is 30.0 Å². The van der Waals surface area contributed by atoms with Gasteiger partial charge < -0.3 is 10.2 Å². The Bertz CT molecular complexity index is 913. The molecule has 3 aromatic heterocycles. The van der Waals surface area contributed by atoms with Gasteiger partial charge in [-0.25, -0.2) is 14.5 Å². The smallest absolute Gasteiger partial charge is 0.263 e. The second-order valence-corrected chi connectivity index (χ2v) is 5.18. The van der Waals surface area contributed by atoms with E-state index >= 15 is 0 Å². The summed E-state index contributed by atoms with van der Waals surface area (Å²) < 4.78 is 7.36. The zero-order chi connectivity index (χ0) is 13.5. The summed E-state index contributed by atoms with van der Waals surface area (Å²) in [7, 11) is 0. The molecule has 3 heterocycles. The van der Waals surface area contributed by atoms with Crippen molar-refractivity contribution in [2.24, 2.45) is 0 Å². The molecule has 0 aliphatic heterocycles. The van der Waals surface area contributed by atoms with Gasteiger partial charge >= 0.3 is 0 Å². The zero-order valence-electron chi connectivity index (χ0n) is 10.2. The summed E-state index contributed by atoms with van der Waals surface area (Å²) in [5.74, 6) is 0. The number of fused-ring (bicyclic) bond motifs is 2. The molecule has 20 heavy (non-hydrogen) atoms. The molecule has 0 unspecified atom stereocenters. The lowest BCUT2D eigenvalue weighted by Gasteiger charge is -1.96. The van der Waals surface area contributed by atoms with Crippen LogP contribution in [-0.2, 0) is 0 Å². The molecule has 0 radical (unpaired) electrons. The van der Waals surface area contributed by atoms with Crippen LogP contribution in [-0.4, -0.2) is 19.6 Å². The third-order valence-corrected chi connectivity index (χ3v) is 3.60. The van der Waals surface area contributed by atoms with E-state index in [2.05, 4.69) is 15.1 Å². The van der Waals surface area contributed by atoms with E-state index in [4.69, 9.17) is 10.2 Å². The fourth-order valence-electron chi connectivity index (χ4n) is 1.91. The van der Waals surface area contributed by atoms with Crippen molar-refractivity contribution < 1.29 is 4.42 Å². The van der Waals surface area contributed by atoms with Crippen LogP contribution in [0.5, 0.6) is 0 Å². The van der Waals surface area contributed by atoms with E-state index in [1.165, 1.54) is 11.8 Å². The Morgan fingerprint density at radius 3 is 3.05 bits per heavy atom. The molecule has 6 nitrogen and oxygen atoms in total. The average molecular weight is 283 g/mol. The molecule has 0 amide bonds. The number of nitrogen functional groups attached to an aromatic ring is 1. The Labute approximate surface area is 117 Å². The van der Waals surface area contributed by atoms with Gasteiger partial charge in [-0.1, -0.05) is 0 Å². The van der Waals surface area contributed by atoms with Crippen molar-refractivity contribution >= 4 is 34.2 Å². The van der Waals surface area contributed by atoms with Crippen molar-refractivity contribution in [1.29, 1.82) is 0 Å². The maximum atomic E-state index is 5.72. The Morgan fingerprint density at radius 1 is 1.15 bits per heavy atom. The third kappa shape index (κ3) is 1.88. The average Bonchev–Trinajstić information content (AvgIpc) is 3.03. The van der Waals surface area contributed by atoms with Crippen LogP contribution in [0.25, 0.3) is 16.7 Å². The molecule has 0 fully saturated rings. The van der Waals surface area contributed by atoms with Crippen molar-refractivity contribution in [1.82, 2.24) is 19.6 Å². The van der Waals surface area contributed by atoms with E-state index in [-0.39, 0.29) is 0 Å². The zero-order valence-corrected chi connectivity index (χ0v) is 11.0. The minimum absolute atomic E-state index is 0.543. The molecule has 4 aromatic rings. The first-order valence-electron chi connectivity index (χ1n) is 5.92. The predicted molar refractivity (Wildman–Crippen MR) is 75.5 cm³/mol. The number of hydrogen-bond donors (Lipinski definition) is 1. The quantitative estimate of drug-likeness (QED) is 0.450. The molecule has 1 aromatic carbocycles. The summed E-state index contributed by atoms with van der Waals surface area (Å²) in [6.07, 6.45) is 3.56. The summed E-state index contributed by atoms with van der Waals surface area (Å²) in [5.41, 5.74) is 8.63. The van der Waals surface area contributed by atoms with Crippen LogP contribution in [0.3, 0.4) is 0 Å². The number of nitrogens with two attached hydrogens (primary N) is 1. The number of anilines is 1. The molecule has 0 spiro atoms. The van der Waals surface area contributed by atoms with Crippen LogP contribution in [0.15, 0.2) is 57.4 Å². The van der Waals surface area contributed by atoms with Gasteiger partial charge in [0.2, 0.25) is 0 Å². The standard InChI is InChI=1S/C13H9N5OS/c14-8-1-2-9-10(7-8)19-13(16-9)20-12-4-6-18-11(17-12)3-5-15-18/h1-7H,14H2. The predicted octanol–water partition coefficient (Wildman–Crippen LogP) is 2.60. The maximum Gasteiger partial charge on any atom is 0.263 e. The summed E-state index contributed by atoms with van der Waals surface area (Å²) in [6.45, 7) is 0. The summed E-state index contributed by atoms with van der Waals surface area (Å²) >= 11 is 1.37. The van der Waals surface area contributed by atoms with Gasteiger partial charge in [0.25, 0.3) is 5.22 Å². The van der Waals surface area contributed by atoms with E-state index in [9.17, 15) is 0 Å². The lowest BCUT2D eigenvalue weighted by molar-refractivity contribution is 0.489. The Balaban J connectivity index is 1.72. The number of benzene rings is 1. The Hall–Kier alpha value is -2.54. The highest BCUT2D eigenvalue weighted by Gasteiger charge is 2.09. The van der Waals surface area contributed by atoms with E-state index in [1.807, 2.05) is 24.4 Å². The van der Waals surface area contributed by atoms with Crippen molar-refractivity contribution in [2.45, 2.75) is 10.2 Å². The highest BCUT2D eigenvalue weighted by Crippen LogP contribution is 2.29. The van der Waals surface area contributed by atoms with Crippen molar-refractivity contribution in [3.63, 3.8) is 0 Å². The largest absolute Gasteiger partial charge is 0.431 e. The Kier molecular flexibility index (Phi) is 2.40. The molecule has 0 bridgehead atoms. The molecular formula is C13H9N5OS. The molecule has 7 heteroatoms. The first-order valence-corrected chi connectivity index (χ1v) is 6.74. The number of rotatable bonds is 2. The van der Waals surface area contributed by atoms with Crippen molar-refractivity contribution in [3.8, 4) is 0 Å². The van der Waals surface area contributed by atoms with Gasteiger partial charge in [0.05, 0.1) is 6.20 Å². The van der Waals surface area contributed by atoms with Gasteiger partial charge in [0.15, 0.2) is 11.2 Å². The minimum Gasteiger partial charge on any atom is -0.431 e. The van der Waals surface area contributed by atoms with Gasteiger partial charge in [-0.3, -0.25) is 0 Å². The van der Waals surface area contributed by atoms with Crippen LogP contribution in [0.2, 0.25) is 0 Å². The molecule has 0 aliphatic carbocycles. The number of aromatic nitrogens is 4. The molecule has 0 saturated heterocycles. The number of hydrogen-bond acceptors (Lipinski definition) is 6. The second-order valence-electron chi connectivity index (χ2n) is 4.21. The van der Waals surface area contributed by atoms with Crippen LogP contribution < -0.4 is 5.73 Å². The number of oxazole rings is 1. The summed E-state index contributed by atoms with van der Waals surface area (Å²) in [4.78, 5) is 8.85. The van der Waals surface area contributed by atoms with Crippen LogP contribution in [0, 0.1) is 0 Å². The van der Waals surface area contributed by atoms with Crippen molar-refractivity contribution in [3.05, 3.63) is 42.7 Å². The second kappa shape index (κ2) is 4.24. The SMILES string of the molecule is Nc1ccc2nc(Sc3ccn4nccc4n3)oc2c1. The van der Waals surface area contributed by atoms with Gasteiger partial charge in [-0.2, -0.15) is 5.10 Å². The van der Waals surface area contributed by atoms with Gasteiger partial charge in [0.1, 0.15) is 10.5 Å². The highest BCUT2D eigenvalue weighted by molar-refractivity contribution is 7.99. The van der Waals surface area contributed by atoms with Crippen LogP contribution in [0.1, 0.15) is 0 Å². The van der Waals surface area contributed by atoms with Crippen LogP contribution >= 0.6 is 11.8 Å². The normalized spacial score (nSPS) is 11.4. The molecule has 0 aliphatic rings. The maximum absolute atomic E-state index is 5.72. The monoisotopic (exact) mass is 283 g/mol. The van der Waals surface area contributed by atoms with E-state index in [0.29, 0.717) is 16.5 Å². The molecule has 2 N–H and O–H groups in total. The van der Waals surface area contributed by atoms with Gasteiger partial charge in [-0.15, -0.1) is 0 Å². The molecule has 0 saturated carbocycles. The molecule has 98 valence electrons. The number of nitrogens with zero attached hydrogens (tertiary/aromatic N) is 4. The van der Waals surface area contributed by atoms with Crippen molar-refractivity contribution in [2.75, 3.05) is 5.73 Å². The minimum atomic E-state index is 0.543. The summed E-state index contributed by atoms with van der Waals surface area (Å²) in [5, 5.41) is 5.45. The van der Waals surface area contributed by atoms with E-state index < -0.39 is 0 Å². The van der Waals surface area contributed by atoms with E-state index in [0.717, 1.165) is 16.2 Å². The topological polar surface area (TPSA) is 82.2 Å². The van der Waals surface area contributed by atoms with Crippen LogP contribution in [0.4, 0.5) is 5.69 Å². The highest BCUT2D eigenvalue weighted by atomic mass is 32.2. The lowest BCUT2D eigenvalue weighted by Crippen LogP contribution is -1.89.